The Morgan fingerprint density at radius 1 is 1.03 bits per heavy atom. The molecule has 0 saturated carbocycles. The third-order valence-electron chi connectivity index (χ3n) is 4.08. The van der Waals surface area contributed by atoms with E-state index in [1.54, 1.807) is 0 Å². The molecule has 1 saturated heterocycles. The van der Waals surface area contributed by atoms with E-state index in [0.29, 0.717) is 25.3 Å². The van der Waals surface area contributed by atoms with Crippen molar-refractivity contribution in [3.63, 3.8) is 0 Å². The smallest absolute Gasteiger partial charge is 0.422 e. The molecule has 2 rings (SSSR count). The minimum atomic E-state index is -4.76. The van der Waals surface area contributed by atoms with E-state index >= 15 is 0 Å². The van der Waals surface area contributed by atoms with Gasteiger partial charge in [-0.15, -0.1) is 0 Å². The van der Waals surface area contributed by atoms with Crippen molar-refractivity contribution in [2.45, 2.75) is 42.6 Å². The van der Waals surface area contributed by atoms with Gasteiger partial charge < -0.3 is 14.6 Å². The van der Waals surface area contributed by atoms with Crippen molar-refractivity contribution in [1.82, 2.24) is 4.31 Å². The molecule has 1 N–H and O–H groups in total. The number of hydrogen-bond acceptors (Lipinski definition) is 5. The van der Waals surface area contributed by atoms with Gasteiger partial charge in [-0.25, -0.2) is 8.42 Å². The van der Waals surface area contributed by atoms with E-state index in [9.17, 15) is 39.9 Å². The summed E-state index contributed by atoms with van der Waals surface area (Å²) in [6, 6.07) is 1.58. The van der Waals surface area contributed by atoms with E-state index < -0.39 is 64.6 Å². The maximum atomic E-state index is 13.0. The molecule has 0 bridgehead atoms. The molecular formula is C16H19F6NO5S. The Balaban J connectivity index is 2.42. The van der Waals surface area contributed by atoms with Crippen LogP contribution in [-0.4, -0.2) is 62.6 Å². The van der Waals surface area contributed by atoms with Crippen molar-refractivity contribution in [3.8, 4) is 11.5 Å². The van der Waals surface area contributed by atoms with Gasteiger partial charge in [0.1, 0.15) is 16.4 Å². The number of hydrogen-bond donors (Lipinski definition) is 1. The zero-order valence-electron chi connectivity index (χ0n) is 15.0. The molecule has 0 amide bonds. The van der Waals surface area contributed by atoms with Crippen LogP contribution in [0.1, 0.15) is 19.3 Å². The van der Waals surface area contributed by atoms with Crippen molar-refractivity contribution in [2.75, 3.05) is 26.4 Å². The van der Waals surface area contributed by atoms with Gasteiger partial charge in [0.25, 0.3) is 0 Å². The molecular weight excluding hydrogens is 432 g/mol. The highest BCUT2D eigenvalue weighted by molar-refractivity contribution is 7.89. The van der Waals surface area contributed by atoms with Gasteiger partial charge in [-0.3, -0.25) is 0 Å². The number of aliphatic hydroxyl groups is 1. The summed E-state index contributed by atoms with van der Waals surface area (Å²) in [5.41, 5.74) is 0. The van der Waals surface area contributed by atoms with E-state index in [4.69, 9.17) is 0 Å². The molecule has 0 spiro atoms. The van der Waals surface area contributed by atoms with Crippen LogP contribution >= 0.6 is 0 Å². The minimum Gasteiger partial charge on any atom is -0.484 e. The Kier molecular flexibility index (Phi) is 7.28. The molecule has 0 radical (unpaired) electrons. The van der Waals surface area contributed by atoms with Crippen molar-refractivity contribution in [1.29, 1.82) is 0 Å². The van der Waals surface area contributed by atoms with Crippen LogP contribution in [0.5, 0.6) is 11.5 Å². The summed E-state index contributed by atoms with van der Waals surface area (Å²) in [5, 5.41) is 9.44. The van der Waals surface area contributed by atoms with Gasteiger partial charge in [-0.1, -0.05) is 6.42 Å². The highest BCUT2D eigenvalue weighted by Gasteiger charge is 2.37. The van der Waals surface area contributed by atoms with Crippen LogP contribution < -0.4 is 9.47 Å². The standard InChI is InChI=1S/C16H19F6NO5S/c17-15(18,19)9-27-12-4-5-13(28-10-16(20,21)22)14(7-12)29(25,26)23-6-2-1-3-11(23)8-24/h4-5,7,11,24H,1-3,6,8-10H2. The summed E-state index contributed by atoms with van der Waals surface area (Å²) < 4.78 is 111. The molecule has 0 aromatic heterocycles. The van der Waals surface area contributed by atoms with Gasteiger partial charge in [0.2, 0.25) is 10.0 Å². The lowest BCUT2D eigenvalue weighted by molar-refractivity contribution is -0.154. The monoisotopic (exact) mass is 451 g/mol. The molecule has 0 aliphatic carbocycles. The van der Waals surface area contributed by atoms with Crippen molar-refractivity contribution >= 4 is 10.0 Å². The molecule has 1 aromatic carbocycles. The van der Waals surface area contributed by atoms with E-state index in [1.165, 1.54) is 0 Å². The Hall–Kier alpha value is -1.73. The number of halogens is 6. The van der Waals surface area contributed by atoms with Crippen LogP contribution in [0.25, 0.3) is 0 Å². The summed E-state index contributed by atoms with van der Waals surface area (Å²) >= 11 is 0. The number of nitrogens with zero attached hydrogens (tertiary/aromatic N) is 1. The fourth-order valence-electron chi connectivity index (χ4n) is 2.82. The normalized spacial score (nSPS) is 19.2. The van der Waals surface area contributed by atoms with Crippen molar-refractivity contribution in [3.05, 3.63) is 18.2 Å². The molecule has 29 heavy (non-hydrogen) atoms. The molecule has 1 unspecified atom stereocenters. The molecule has 1 heterocycles. The van der Waals surface area contributed by atoms with Crippen LogP contribution in [0.2, 0.25) is 0 Å². The first kappa shape index (κ1) is 23.5. The number of sulfonamides is 1. The largest absolute Gasteiger partial charge is 0.484 e. The first-order chi connectivity index (χ1) is 13.3. The number of ether oxygens (including phenoxy) is 2. The Labute approximate surface area is 163 Å². The fourth-order valence-corrected chi connectivity index (χ4v) is 4.66. The molecule has 1 atom stereocenters. The van der Waals surface area contributed by atoms with Crippen LogP contribution in [0, 0.1) is 0 Å². The lowest BCUT2D eigenvalue weighted by atomic mass is 10.1. The van der Waals surface area contributed by atoms with Gasteiger partial charge in [-0.2, -0.15) is 30.6 Å². The highest BCUT2D eigenvalue weighted by Crippen LogP contribution is 2.35. The SMILES string of the molecule is O=S(=O)(c1cc(OCC(F)(F)F)ccc1OCC(F)(F)F)N1CCCCC1CO. The van der Waals surface area contributed by atoms with Gasteiger partial charge in [0, 0.05) is 18.7 Å². The minimum absolute atomic E-state index is 0.0000926. The molecule has 1 aliphatic heterocycles. The Morgan fingerprint density at radius 3 is 2.24 bits per heavy atom. The van der Waals surface area contributed by atoms with Crippen LogP contribution in [0.3, 0.4) is 0 Å². The van der Waals surface area contributed by atoms with E-state index in [-0.39, 0.29) is 6.54 Å². The molecule has 1 aliphatic rings. The van der Waals surface area contributed by atoms with Crippen molar-refractivity contribution < 1.29 is 49.3 Å². The van der Waals surface area contributed by atoms with E-state index in [0.717, 1.165) is 16.4 Å². The second-order valence-corrected chi connectivity index (χ2v) is 8.22. The average molecular weight is 451 g/mol. The first-order valence-electron chi connectivity index (χ1n) is 8.49. The van der Waals surface area contributed by atoms with Crippen molar-refractivity contribution in [2.24, 2.45) is 0 Å². The molecule has 1 aromatic rings. The van der Waals surface area contributed by atoms with Gasteiger partial charge in [0.05, 0.1) is 6.61 Å². The topological polar surface area (TPSA) is 76.1 Å². The second-order valence-electron chi connectivity index (χ2n) is 6.36. The molecule has 13 heteroatoms. The van der Waals surface area contributed by atoms with E-state index in [1.807, 2.05) is 0 Å². The second kappa shape index (κ2) is 8.96. The highest BCUT2D eigenvalue weighted by atomic mass is 32.2. The van der Waals surface area contributed by atoms with Gasteiger partial charge >= 0.3 is 12.4 Å². The molecule has 6 nitrogen and oxygen atoms in total. The summed E-state index contributed by atoms with van der Waals surface area (Å²) in [5.74, 6) is -1.18. The zero-order chi connectivity index (χ0) is 21.9. The summed E-state index contributed by atoms with van der Waals surface area (Å²) in [4.78, 5) is -0.762. The number of aliphatic hydroxyl groups excluding tert-OH is 1. The number of alkyl halides is 6. The number of rotatable bonds is 7. The third-order valence-corrected chi connectivity index (χ3v) is 6.05. The average Bonchev–Trinajstić information content (AvgIpc) is 2.63. The summed E-state index contributed by atoms with van der Waals surface area (Å²) in [6.07, 6.45) is -8.02. The van der Waals surface area contributed by atoms with Crippen LogP contribution in [0.4, 0.5) is 26.3 Å². The molecule has 166 valence electrons. The quantitative estimate of drug-likeness (QED) is 0.645. The van der Waals surface area contributed by atoms with Gasteiger partial charge in [-0.05, 0) is 25.0 Å². The predicted octanol–water partition coefficient (Wildman–Crippen LogP) is 3.10. The fraction of sp³-hybridized carbons (Fsp3) is 0.625. The molecule has 1 fully saturated rings. The Morgan fingerprint density at radius 2 is 1.66 bits per heavy atom. The third kappa shape index (κ3) is 6.64. The Bertz CT molecular complexity index is 796. The predicted molar refractivity (Wildman–Crippen MR) is 88.2 cm³/mol. The maximum absolute atomic E-state index is 13.0. The van der Waals surface area contributed by atoms with Crippen LogP contribution in [-0.2, 0) is 10.0 Å². The summed E-state index contributed by atoms with van der Waals surface area (Å²) in [7, 11) is -4.48. The first-order valence-corrected chi connectivity index (χ1v) is 9.93. The van der Waals surface area contributed by atoms with E-state index in [2.05, 4.69) is 9.47 Å². The maximum Gasteiger partial charge on any atom is 0.422 e. The lowest BCUT2D eigenvalue weighted by Crippen LogP contribution is -2.45. The van der Waals surface area contributed by atoms with Gasteiger partial charge in [0.15, 0.2) is 13.2 Å². The lowest BCUT2D eigenvalue weighted by Gasteiger charge is -2.33. The summed E-state index contributed by atoms with van der Waals surface area (Å²) in [6.45, 7) is -4.01. The zero-order valence-corrected chi connectivity index (χ0v) is 15.8. The number of benzene rings is 1. The van der Waals surface area contributed by atoms with Crippen LogP contribution in [0.15, 0.2) is 23.1 Å². The number of piperidine rings is 1.